The van der Waals surface area contributed by atoms with Crippen LogP contribution in [0.4, 0.5) is 4.39 Å². The predicted octanol–water partition coefficient (Wildman–Crippen LogP) is 0.596. The number of halogens is 1. The highest BCUT2D eigenvalue weighted by Crippen LogP contribution is 2.46. The molecule has 0 radical (unpaired) electrons. The highest BCUT2D eigenvalue weighted by Gasteiger charge is 2.52. The maximum atomic E-state index is 15.3. The molecule has 5 aliphatic rings. The van der Waals surface area contributed by atoms with Gasteiger partial charge in [-0.25, -0.2) is 19.0 Å². The number of rotatable bonds is 24. The van der Waals surface area contributed by atoms with Crippen molar-refractivity contribution in [3.05, 3.63) is 73.8 Å². The summed E-state index contributed by atoms with van der Waals surface area (Å²) in [6.07, 6.45) is 2.53. The molecule has 0 spiro atoms. The molecule has 0 unspecified atom stereocenters. The Morgan fingerprint density at radius 1 is 0.923 bits per heavy atom. The second-order valence-corrected chi connectivity index (χ2v) is 20.0. The average molecular weight is 1090 g/mol. The van der Waals surface area contributed by atoms with Crippen LogP contribution >= 0.6 is 0 Å². The predicted molar refractivity (Wildman–Crippen MR) is 270 cm³/mol. The number of cyclic esters (lactones) is 1. The Labute approximate surface area is 446 Å². The fourth-order valence-corrected chi connectivity index (χ4v) is 10.6. The first-order chi connectivity index (χ1) is 37.3. The number of aliphatic carboxylic acids is 1. The van der Waals surface area contributed by atoms with Crippen LogP contribution in [0, 0.1) is 18.7 Å². The van der Waals surface area contributed by atoms with Gasteiger partial charge in [-0.15, -0.1) is 0 Å². The van der Waals surface area contributed by atoms with Crippen molar-refractivity contribution >= 4 is 64.3 Å². The first-order valence-electron chi connectivity index (χ1n) is 26.0. The van der Waals surface area contributed by atoms with Gasteiger partial charge in [0, 0.05) is 60.3 Å². The number of carboxylic acids is 1. The number of aryl methyl sites for hydroxylation is 1. The zero-order valence-electron chi connectivity index (χ0n) is 43.7. The number of nitrogens with zero attached hydrogens (tertiary/aromatic N) is 4. The zero-order chi connectivity index (χ0) is 56.2. The fourth-order valence-electron chi connectivity index (χ4n) is 10.6. The summed E-state index contributed by atoms with van der Waals surface area (Å²) >= 11 is 0. The summed E-state index contributed by atoms with van der Waals surface area (Å²) in [5.74, 6) is -8.39. The fraction of sp³-hybridized carbons (Fsp3) is 0.528. The van der Waals surface area contributed by atoms with Crippen LogP contribution in [-0.4, -0.2) is 155 Å². The number of hydrogen-bond donors (Lipinski definition) is 5. The number of imide groups is 1. The number of hydrogen-bond acceptors (Lipinski definition) is 17. The van der Waals surface area contributed by atoms with E-state index >= 15 is 4.39 Å². The van der Waals surface area contributed by atoms with Gasteiger partial charge >= 0.3 is 17.9 Å². The first kappa shape index (κ1) is 56.7. The lowest BCUT2D eigenvalue weighted by Gasteiger charge is -2.37. The molecule has 0 saturated carbocycles. The minimum absolute atomic E-state index is 0.0338. The van der Waals surface area contributed by atoms with Gasteiger partial charge in [0.05, 0.1) is 75.1 Å². The molecule has 1 aliphatic carbocycles. The summed E-state index contributed by atoms with van der Waals surface area (Å²) < 4.78 is 44.7. The van der Waals surface area contributed by atoms with Crippen LogP contribution in [0.15, 0.2) is 29.1 Å². The third kappa shape index (κ3) is 11.5. The molecule has 2 aromatic heterocycles. The number of carboxylic acid groups (broad SMARTS) is 1. The molecule has 0 bridgehead atoms. The molecule has 1 saturated heterocycles. The number of pyridine rings is 2. The monoisotopic (exact) mass is 1090 g/mol. The van der Waals surface area contributed by atoms with E-state index in [9.17, 15) is 53.1 Å². The number of amides is 6. The van der Waals surface area contributed by atoms with Crippen molar-refractivity contribution in [2.75, 3.05) is 59.3 Å². The van der Waals surface area contributed by atoms with Crippen molar-refractivity contribution in [1.82, 2.24) is 35.3 Å². The van der Waals surface area contributed by atoms with Gasteiger partial charge in [0.15, 0.2) is 0 Å². The largest absolute Gasteiger partial charge is 0.481 e. The Bertz CT molecular complexity index is 3030. The molecule has 8 rings (SSSR count). The molecule has 25 heteroatoms. The van der Waals surface area contributed by atoms with Gasteiger partial charge in [0.2, 0.25) is 29.2 Å². The number of benzene rings is 1. The van der Waals surface area contributed by atoms with Crippen molar-refractivity contribution in [3.63, 3.8) is 0 Å². The van der Waals surface area contributed by atoms with Crippen molar-refractivity contribution in [1.29, 1.82) is 0 Å². The van der Waals surface area contributed by atoms with Crippen molar-refractivity contribution < 1.29 is 76.3 Å². The van der Waals surface area contributed by atoms with Gasteiger partial charge in [0.1, 0.15) is 37.1 Å². The summed E-state index contributed by atoms with van der Waals surface area (Å²) in [5.41, 5.74) is 8.08. The number of likely N-dealkylation sites (tertiary alicyclic amines) is 1. The van der Waals surface area contributed by atoms with Crippen LogP contribution in [0.5, 0.6) is 0 Å². The molecule has 5 atom stereocenters. The van der Waals surface area contributed by atoms with Gasteiger partial charge < -0.3 is 59.9 Å². The van der Waals surface area contributed by atoms with Crippen LogP contribution in [0.1, 0.15) is 98.7 Å². The Morgan fingerprint density at radius 2 is 1.62 bits per heavy atom. The van der Waals surface area contributed by atoms with Gasteiger partial charge in [-0.1, -0.05) is 20.8 Å². The van der Waals surface area contributed by atoms with Crippen LogP contribution in [0.25, 0.3) is 22.3 Å². The molecule has 4 aliphatic heterocycles. The van der Waals surface area contributed by atoms with Crippen LogP contribution in [0.2, 0.25) is 0 Å². The number of aromatic nitrogens is 2. The molecule has 1 fully saturated rings. The summed E-state index contributed by atoms with van der Waals surface area (Å²) in [4.78, 5) is 138. The maximum absolute atomic E-state index is 15.3. The Hall–Kier alpha value is -7.48. The SMILES string of the molecule is CC[C@@]1(OC(=O)[C@@H](NC(=O)[C@@H]2CCCN2C(=O)[C@H](CC(=O)O)NC(=O)CCOCCOCCOCCNC(=O)CN2C(=O)C=CC2=O)C(C)C)C(=O)OCc2c1cc1n(c2=O)Cc2c-1nc1cc(F)c(C)c3c1c2[C@@H](N)CC3. The molecule has 24 nitrogen and oxygen atoms in total. The van der Waals surface area contributed by atoms with Gasteiger partial charge in [-0.2, -0.15) is 0 Å². The number of fused-ring (bicyclic) bond motifs is 5. The molecule has 6 heterocycles. The van der Waals surface area contributed by atoms with Crippen molar-refractivity contribution in [3.8, 4) is 11.4 Å². The third-order valence-corrected chi connectivity index (χ3v) is 14.7. The zero-order valence-corrected chi connectivity index (χ0v) is 43.7. The average Bonchev–Trinajstić information content (AvgIpc) is 4.16. The van der Waals surface area contributed by atoms with E-state index in [4.69, 9.17) is 34.4 Å². The molecule has 6 amide bonds. The van der Waals surface area contributed by atoms with E-state index < -0.39 is 120 Å². The summed E-state index contributed by atoms with van der Waals surface area (Å²) in [7, 11) is 0. The highest BCUT2D eigenvalue weighted by atomic mass is 19.1. The molecule has 418 valence electrons. The molecule has 1 aromatic carbocycles. The van der Waals surface area contributed by atoms with E-state index in [0.717, 1.165) is 38.5 Å². The van der Waals surface area contributed by atoms with Crippen LogP contribution in [0.3, 0.4) is 0 Å². The summed E-state index contributed by atoms with van der Waals surface area (Å²) in [5, 5.41) is 18.1. The normalized spacial score (nSPS) is 19.8. The number of nitrogens with one attached hydrogen (secondary N) is 3. The number of nitrogens with two attached hydrogens (primary N) is 1. The summed E-state index contributed by atoms with van der Waals surface area (Å²) in [6, 6.07) is -1.63. The van der Waals surface area contributed by atoms with E-state index in [1.54, 1.807) is 33.8 Å². The number of ether oxygens (including phenoxy) is 5. The summed E-state index contributed by atoms with van der Waals surface area (Å²) in [6.45, 7) is 6.66. The van der Waals surface area contributed by atoms with E-state index in [0.29, 0.717) is 47.3 Å². The lowest BCUT2D eigenvalue weighted by atomic mass is 9.82. The quantitative estimate of drug-likeness (QED) is 0.0364. The lowest BCUT2D eigenvalue weighted by molar-refractivity contribution is -0.191. The van der Waals surface area contributed by atoms with Gasteiger partial charge in [0.25, 0.3) is 17.4 Å². The number of esters is 2. The third-order valence-electron chi connectivity index (χ3n) is 14.7. The number of carbonyl (C=O) groups is 9. The van der Waals surface area contributed by atoms with E-state index in [1.807, 2.05) is 0 Å². The minimum Gasteiger partial charge on any atom is -0.481 e. The molecule has 6 N–H and O–H groups in total. The molecule has 78 heavy (non-hydrogen) atoms. The molecule has 3 aromatic rings. The highest BCUT2D eigenvalue weighted by molar-refractivity contribution is 6.14. The molecular formula is C53H63FN8O16. The van der Waals surface area contributed by atoms with E-state index in [1.165, 1.54) is 10.6 Å². The first-order valence-corrected chi connectivity index (χ1v) is 26.0. The van der Waals surface area contributed by atoms with Crippen LogP contribution < -0.4 is 27.2 Å². The topological polar surface area (TPSA) is 323 Å². The Kier molecular flexibility index (Phi) is 17.5. The maximum Gasteiger partial charge on any atom is 0.355 e. The molecular weight excluding hydrogens is 1020 g/mol. The van der Waals surface area contributed by atoms with E-state index in [-0.39, 0.29) is 89.7 Å². The van der Waals surface area contributed by atoms with Crippen molar-refractivity contribution in [2.24, 2.45) is 11.7 Å². The van der Waals surface area contributed by atoms with Crippen molar-refractivity contribution in [2.45, 2.75) is 116 Å². The second kappa shape index (κ2) is 24.0. The minimum atomic E-state index is -2.16. The number of carbonyl (C=O) groups excluding carboxylic acids is 8. The van der Waals surface area contributed by atoms with E-state index in [2.05, 4.69) is 16.0 Å². The second-order valence-electron chi connectivity index (χ2n) is 20.0. The standard InChI is InChI=1S/C53H63FN8O16/c1-5-53(32-21-38-47-30(24-61(38)49(70)31(32)26-77-52(53)73)44-34(55)9-8-29-28(4)33(54)22-35(58-47)45(29)44)78-51(72)46(27(2)3)59-48(69)37-7-6-14-60(37)50(71)36(23-43(67)68)57-39(63)12-15-74-17-19-76-20-18-75-16-13-56-40(64)25-62-41(65)10-11-42(62)66/h10-11,21-22,27,34,36-37,46H,5-9,12-20,23-26,55H2,1-4H3,(H,56,64)(H,57,63)(H,59,69)(H,67,68)/t34-,36-,37-,46-,53-/m0/s1. The van der Waals surface area contributed by atoms with Crippen LogP contribution in [-0.2, 0) is 92.0 Å². The smallest absolute Gasteiger partial charge is 0.355 e. The Morgan fingerprint density at radius 3 is 2.29 bits per heavy atom. The Balaban J connectivity index is 0.851. The van der Waals surface area contributed by atoms with Gasteiger partial charge in [-0.3, -0.25) is 43.3 Å². The lowest BCUT2D eigenvalue weighted by Crippen LogP contribution is -2.57. The van der Waals surface area contributed by atoms with Gasteiger partial charge in [-0.05, 0) is 67.7 Å².